The Morgan fingerprint density at radius 1 is 0.317 bits per heavy atom. The van der Waals surface area contributed by atoms with Gasteiger partial charge in [0.1, 0.15) is 36.2 Å². The van der Waals surface area contributed by atoms with Crippen molar-refractivity contribution < 1.29 is 38.0 Å². The van der Waals surface area contributed by atoms with Crippen LogP contribution in [0.4, 0.5) is 0 Å². The van der Waals surface area contributed by atoms with Crippen molar-refractivity contribution in [3.63, 3.8) is 0 Å². The zero-order valence-corrected chi connectivity index (χ0v) is 50.3. The lowest BCUT2D eigenvalue weighted by atomic mass is 9.79. The van der Waals surface area contributed by atoms with Crippen LogP contribution in [-0.2, 0) is 60.4 Å². The van der Waals surface area contributed by atoms with Crippen molar-refractivity contribution >= 4 is 0 Å². The van der Waals surface area contributed by atoms with Crippen LogP contribution >= 0.6 is 0 Å². The smallest absolute Gasteiger partial charge is 0.211 e. The first-order valence-electron chi connectivity index (χ1n) is 29.3. The number of phenols is 2. The SMILES string of the molecule is CC(C)(C)c1cc2c(O)c(c1)Cc1cc(C(C)(C)C)cc3c1OCC[n+]1ccc(cc1)-c1cc[n+](cc1)-c1ccc(cc1)-[n+]1ccc(cc1)-c1cc[n+](cc1)CCOc1c(cc(C(C)(C)C)cc1Cc1cc(C(C)(C)C)cc(c1O)C3)C2. The third-order valence-corrected chi connectivity index (χ3v) is 16.8. The Bertz CT molecular complexity index is 3470. The molecular formula is C74H82N4O4+4. The van der Waals surface area contributed by atoms with Gasteiger partial charge in [0.15, 0.2) is 62.7 Å². The van der Waals surface area contributed by atoms with E-state index in [4.69, 9.17) is 9.47 Å². The molecule has 2 N–H and O–H groups in total. The maximum atomic E-state index is 12.9. The van der Waals surface area contributed by atoms with Gasteiger partial charge in [-0.25, -0.2) is 9.13 Å². The van der Waals surface area contributed by atoms with Crippen molar-refractivity contribution in [3.8, 4) is 56.6 Å². The summed E-state index contributed by atoms with van der Waals surface area (Å²) in [6.45, 7) is 29.1. The number of rotatable bonds is 0. The number of benzene rings is 5. The number of hydrogen-bond acceptors (Lipinski definition) is 4. The van der Waals surface area contributed by atoms with Gasteiger partial charge in [-0.15, -0.1) is 0 Å². The molecule has 8 nitrogen and oxygen atoms in total. The van der Waals surface area contributed by atoms with E-state index in [1.165, 1.54) is 11.1 Å². The minimum absolute atomic E-state index is 0.212. The van der Waals surface area contributed by atoms with E-state index in [0.29, 0.717) is 63.5 Å². The van der Waals surface area contributed by atoms with Crippen LogP contribution in [-0.4, -0.2) is 23.4 Å². The van der Waals surface area contributed by atoms with Gasteiger partial charge < -0.3 is 19.7 Å². The molecule has 0 radical (unpaired) electrons. The first-order valence-corrected chi connectivity index (χ1v) is 29.3. The van der Waals surface area contributed by atoms with E-state index in [-0.39, 0.29) is 21.7 Å². The summed E-state index contributed by atoms with van der Waals surface area (Å²) in [6.07, 6.45) is 18.8. The molecule has 4 aromatic heterocycles. The molecule has 0 amide bonds. The summed E-state index contributed by atoms with van der Waals surface area (Å²) in [5, 5.41) is 25.8. The van der Waals surface area contributed by atoms with Crippen LogP contribution in [0.15, 0.2) is 171 Å². The second-order valence-corrected chi connectivity index (χ2v) is 27.1. The molecule has 0 saturated carbocycles. The Kier molecular flexibility index (Phi) is 14.7. The predicted molar refractivity (Wildman–Crippen MR) is 327 cm³/mol. The zero-order chi connectivity index (χ0) is 57.9. The van der Waals surface area contributed by atoms with Crippen molar-refractivity contribution in [1.82, 2.24) is 0 Å². The molecule has 17 heterocycles. The number of aromatic nitrogens is 4. The van der Waals surface area contributed by atoms with Crippen LogP contribution in [0.1, 0.15) is 150 Å². The van der Waals surface area contributed by atoms with Gasteiger partial charge in [0.25, 0.3) is 0 Å². The van der Waals surface area contributed by atoms with E-state index in [9.17, 15) is 10.2 Å². The predicted octanol–water partition coefficient (Wildman–Crippen LogP) is 13.9. The Hall–Kier alpha value is -8.10. The van der Waals surface area contributed by atoms with Gasteiger partial charge >= 0.3 is 0 Å². The highest BCUT2D eigenvalue weighted by atomic mass is 16.5. The summed E-state index contributed by atoms with van der Waals surface area (Å²) in [5.41, 5.74) is 17.9. The van der Waals surface area contributed by atoms with Crippen molar-refractivity contribution in [2.45, 2.75) is 144 Å². The van der Waals surface area contributed by atoms with E-state index < -0.39 is 0 Å². The highest BCUT2D eigenvalue weighted by molar-refractivity contribution is 5.63. The Balaban J connectivity index is 1.10. The molecule has 82 heavy (non-hydrogen) atoms. The highest BCUT2D eigenvalue weighted by Crippen LogP contribution is 2.44. The molecule has 0 saturated heterocycles. The molecule has 13 aliphatic heterocycles. The number of nitrogens with zero attached hydrogens (tertiary/aromatic N) is 4. The fourth-order valence-electron chi connectivity index (χ4n) is 11.5. The normalized spacial score (nSPS) is 14.0. The third kappa shape index (κ3) is 12.0. The van der Waals surface area contributed by atoms with E-state index >= 15 is 0 Å². The van der Waals surface area contributed by atoms with Gasteiger partial charge in [-0.2, -0.15) is 9.13 Å². The molecule has 0 spiro atoms. The Morgan fingerprint density at radius 2 is 0.549 bits per heavy atom. The van der Waals surface area contributed by atoms with Crippen molar-refractivity contribution in [2.75, 3.05) is 13.2 Å². The summed E-state index contributed by atoms with van der Waals surface area (Å²) in [7, 11) is 0. The second-order valence-electron chi connectivity index (χ2n) is 27.1. The fraction of sp³-hybridized carbons (Fsp3) is 0.324. The van der Waals surface area contributed by atoms with Crippen LogP contribution in [0, 0.1) is 0 Å². The summed E-state index contributed by atoms with van der Waals surface area (Å²) >= 11 is 0. The van der Waals surface area contributed by atoms with Crippen LogP contribution in [0.2, 0.25) is 0 Å². The average Bonchev–Trinajstić information content (AvgIpc) is 3.58. The lowest BCUT2D eigenvalue weighted by molar-refractivity contribution is -0.697. The number of aromatic hydroxyl groups is 2. The minimum atomic E-state index is -0.219. The Morgan fingerprint density at radius 3 is 0.793 bits per heavy atom. The number of phenolic OH excluding ortho intramolecular Hbond substituents is 2. The lowest BCUT2D eigenvalue weighted by Gasteiger charge is -2.28. The molecule has 14 aliphatic rings. The molecule has 5 aromatic carbocycles. The van der Waals surface area contributed by atoms with Gasteiger partial charge in [-0.1, -0.05) is 132 Å². The van der Waals surface area contributed by atoms with Crippen LogP contribution in [0.3, 0.4) is 0 Å². The monoisotopic (exact) mass is 1090 g/mol. The average molecular weight is 1090 g/mol. The Labute approximate surface area is 486 Å². The summed E-state index contributed by atoms with van der Waals surface area (Å²) in [4.78, 5) is 0. The minimum Gasteiger partial charge on any atom is -0.507 e. The maximum absolute atomic E-state index is 12.9. The number of ether oxygens (including phenoxy) is 2. The number of pyridine rings is 4. The maximum Gasteiger partial charge on any atom is 0.211 e. The zero-order valence-electron chi connectivity index (χ0n) is 50.3. The first-order chi connectivity index (χ1) is 38.9. The van der Waals surface area contributed by atoms with Crippen molar-refractivity contribution in [2.24, 2.45) is 0 Å². The van der Waals surface area contributed by atoms with Gasteiger partial charge in [-0.3, -0.25) is 0 Å². The van der Waals surface area contributed by atoms with Crippen LogP contribution < -0.4 is 27.7 Å². The third-order valence-electron chi connectivity index (χ3n) is 16.8. The molecular weight excluding hydrogens is 1010 g/mol. The topological polar surface area (TPSA) is 74.4 Å². The molecule has 0 atom stereocenters. The number of hydrogen-bond donors (Lipinski definition) is 2. The van der Waals surface area contributed by atoms with Crippen LogP contribution in [0.5, 0.6) is 23.0 Å². The van der Waals surface area contributed by atoms with E-state index in [0.717, 1.165) is 101 Å². The van der Waals surface area contributed by atoms with Crippen molar-refractivity contribution in [1.29, 1.82) is 0 Å². The fourth-order valence-corrected chi connectivity index (χ4v) is 11.5. The van der Waals surface area contributed by atoms with Gasteiger partial charge in [-0.05, 0) is 111 Å². The molecule has 0 fully saturated rings. The summed E-state index contributed by atoms with van der Waals surface area (Å²) in [6, 6.07) is 44.0. The summed E-state index contributed by atoms with van der Waals surface area (Å²) < 4.78 is 23.0. The second kappa shape index (κ2) is 21.7. The quantitative estimate of drug-likeness (QED) is 0.148. The molecule has 9 aromatic rings. The molecule has 0 unspecified atom stereocenters. The van der Waals surface area contributed by atoms with Gasteiger partial charge in [0.05, 0.1) is 0 Å². The largest absolute Gasteiger partial charge is 0.507 e. The molecule has 418 valence electrons. The van der Waals surface area contributed by atoms with Crippen molar-refractivity contribution in [3.05, 3.63) is 238 Å². The molecule has 20 bridgehead atoms. The molecule has 23 rings (SSSR count). The standard InChI is InChI=1S/C74H80N4O4/c1-71(2,3)61-41-53-37-57-45-63(73(7,8)9)47-59-39-55-43-62(72(4,5)6)44-56(68(55)80)40-60-48-64(74(10,11)12)46-58(38-54(42-61)67(53)79)70(60)82-36-34-76-27-19-50(20-28-76)52-23-31-78(32-24-52)66-15-13-65(14-16-66)77-29-21-51(22-30-77)49-17-25-75(26-18-49)33-35-81-69(57)59/h13-32,41-48H,33-40H2,1-12H3/q+2/p+2. The molecule has 8 heteroatoms. The van der Waals surface area contributed by atoms with Gasteiger partial charge in [0, 0.05) is 98.5 Å². The highest BCUT2D eigenvalue weighted by Gasteiger charge is 2.29. The lowest BCUT2D eigenvalue weighted by Crippen LogP contribution is -2.35. The van der Waals surface area contributed by atoms with Gasteiger partial charge in [0.2, 0.25) is 11.4 Å². The molecule has 1 aliphatic carbocycles. The van der Waals surface area contributed by atoms with E-state index in [1.54, 1.807) is 0 Å². The van der Waals surface area contributed by atoms with E-state index in [1.807, 2.05) is 0 Å². The summed E-state index contributed by atoms with van der Waals surface area (Å²) in [5.74, 6) is 2.17. The van der Waals surface area contributed by atoms with E-state index in [2.05, 4.69) is 272 Å². The van der Waals surface area contributed by atoms with Crippen LogP contribution in [0.25, 0.3) is 33.6 Å². The first kappa shape index (κ1) is 55.8.